The van der Waals surface area contributed by atoms with Crippen molar-refractivity contribution in [2.45, 2.75) is 0 Å². The highest BCUT2D eigenvalue weighted by Crippen LogP contribution is 2.23. The predicted octanol–water partition coefficient (Wildman–Crippen LogP) is 2.26. The number of hydrogen-bond acceptors (Lipinski definition) is 4. The van der Waals surface area contributed by atoms with Crippen molar-refractivity contribution >= 4 is 11.7 Å². The third-order valence-electron chi connectivity index (χ3n) is 2.49. The van der Waals surface area contributed by atoms with Crippen LogP contribution >= 0.6 is 0 Å². The molecule has 0 saturated heterocycles. The number of hydrogen-bond donors (Lipinski definition) is 1. The molecule has 0 atom stereocenters. The van der Waals surface area contributed by atoms with Gasteiger partial charge in [0.2, 0.25) is 0 Å². The van der Waals surface area contributed by atoms with Crippen molar-refractivity contribution in [3.05, 3.63) is 48.0 Å². The highest BCUT2D eigenvalue weighted by Gasteiger charge is 2.08. The van der Waals surface area contributed by atoms with Gasteiger partial charge >= 0.3 is 5.97 Å². The topological polar surface area (TPSA) is 65.2 Å². The van der Waals surface area contributed by atoms with Crippen LogP contribution in [0.2, 0.25) is 0 Å². The summed E-state index contributed by atoms with van der Waals surface area (Å²) in [6.45, 7) is 0. The van der Waals surface area contributed by atoms with E-state index >= 15 is 0 Å². The molecule has 1 heterocycles. The van der Waals surface area contributed by atoms with Gasteiger partial charge in [0.15, 0.2) is 0 Å². The van der Waals surface area contributed by atoms with Crippen LogP contribution < -0.4 is 5.73 Å². The van der Waals surface area contributed by atoms with Gasteiger partial charge < -0.3 is 10.5 Å². The molecule has 0 aliphatic carbocycles. The maximum absolute atomic E-state index is 13.4. The number of halogens is 1. The number of nitrogens with zero attached hydrogens (tertiary/aromatic N) is 1. The molecule has 4 nitrogen and oxygen atoms in total. The Kier molecular flexibility index (Phi) is 3.23. The summed E-state index contributed by atoms with van der Waals surface area (Å²) < 4.78 is 18.0. The summed E-state index contributed by atoms with van der Waals surface area (Å²) in [7, 11) is 1.29. The Morgan fingerprint density at radius 1 is 1.28 bits per heavy atom. The van der Waals surface area contributed by atoms with Crippen LogP contribution in [0.4, 0.5) is 10.1 Å². The average Bonchev–Trinajstić information content (AvgIpc) is 2.41. The van der Waals surface area contributed by atoms with Gasteiger partial charge in [-0.1, -0.05) is 6.07 Å². The number of carbonyl (C=O) groups excluding carboxylic acids is 1. The van der Waals surface area contributed by atoms with Crippen LogP contribution in [-0.2, 0) is 4.74 Å². The summed E-state index contributed by atoms with van der Waals surface area (Å²) in [5.41, 5.74) is 7.01. The van der Waals surface area contributed by atoms with E-state index in [4.69, 9.17) is 5.73 Å². The standard InChI is InChI=1S/C13H11FN2O2/c1-18-13(17)10-4-9(6-16-7-10)8-2-3-12(15)11(14)5-8/h2-7H,15H2,1H3. The number of anilines is 1. The first kappa shape index (κ1) is 12.0. The monoisotopic (exact) mass is 246 g/mol. The third kappa shape index (κ3) is 2.29. The molecule has 0 spiro atoms. The molecule has 0 aliphatic rings. The van der Waals surface area contributed by atoms with Gasteiger partial charge in [0.1, 0.15) is 5.82 Å². The van der Waals surface area contributed by atoms with Crippen molar-refractivity contribution in [3.63, 3.8) is 0 Å². The van der Waals surface area contributed by atoms with Crippen molar-refractivity contribution < 1.29 is 13.9 Å². The van der Waals surface area contributed by atoms with Gasteiger partial charge in [0.05, 0.1) is 18.4 Å². The molecule has 0 bridgehead atoms. The molecule has 5 heteroatoms. The van der Waals surface area contributed by atoms with Crippen LogP contribution in [0.1, 0.15) is 10.4 Å². The number of esters is 1. The molecule has 18 heavy (non-hydrogen) atoms. The van der Waals surface area contributed by atoms with Crippen molar-refractivity contribution in [1.82, 2.24) is 4.98 Å². The van der Waals surface area contributed by atoms with Crippen molar-refractivity contribution in [2.75, 3.05) is 12.8 Å². The van der Waals surface area contributed by atoms with E-state index in [9.17, 15) is 9.18 Å². The molecule has 2 rings (SSSR count). The molecule has 1 aromatic carbocycles. The van der Waals surface area contributed by atoms with Crippen molar-refractivity contribution in [1.29, 1.82) is 0 Å². The Morgan fingerprint density at radius 2 is 2.06 bits per heavy atom. The zero-order chi connectivity index (χ0) is 13.1. The number of nitrogens with two attached hydrogens (primary N) is 1. The molecule has 0 aliphatic heterocycles. The predicted molar refractivity (Wildman–Crippen MR) is 65.4 cm³/mol. The number of benzene rings is 1. The highest BCUT2D eigenvalue weighted by molar-refractivity contribution is 5.90. The Hall–Kier alpha value is -2.43. The largest absolute Gasteiger partial charge is 0.465 e. The molecular formula is C13H11FN2O2. The fraction of sp³-hybridized carbons (Fsp3) is 0.0769. The van der Waals surface area contributed by atoms with Gasteiger partial charge in [0, 0.05) is 18.0 Å². The quantitative estimate of drug-likeness (QED) is 0.652. The van der Waals surface area contributed by atoms with E-state index in [1.165, 1.54) is 31.6 Å². The van der Waals surface area contributed by atoms with Crippen LogP contribution in [0.3, 0.4) is 0 Å². The summed E-state index contributed by atoms with van der Waals surface area (Å²) in [6.07, 6.45) is 2.93. The van der Waals surface area contributed by atoms with E-state index in [0.29, 0.717) is 16.7 Å². The minimum atomic E-state index is -0.504. The van der Waals surface area contributed by atoms with Crippen LogP contribution in [0.5, 0.6) is 0 Å². The zero-order valence-corrected chi connectivity index (χ0v) is 9.68. The number of carbonyl (C=O) groups is 1. The number of ether oxygens (including phenoxy) is 1. The number of rotatable bonds is 2. The van der Waals surface area contributed by atoms with Crippen molar-refractivity contribution in [3.8, 4) is 11.1 Å². The summed E-state index contributed by atoms with van der Waals surface area (Å²) in [4.78, 5) is 15.3. The van der Waals surface area contributed by atoms with E-state index in [-0.39, 0.29) is 5.69 Å². The first-order valence-electron chi connectivity index (χ1n) is 5.20. The Morgan fingerprint density at radius 3 is 2.72 bits per heavy atom. The molecule has 2 aromatic rings. The SMILES string of the molecule is COC(=O)c1cncc(-c2ccc(N)c(F)c2)c1. The molecular weight excluding hydrogens is 235 g/mol. The molecule has 0 fully saturated rings. The highest BCUT2D eigenvalue weighted by atomic mass is 19.1. The van der Waals surface area contributed by atoms with Crippen LogP contribution in [0, 0.1) is 5.82 Å². The smallest absolute Gasteiger partial charge is 0.339 e. The fourth-order valence-corrected chi connectivity index (χ4v) is 1.53. The van der Waals surface area contributed by atoms with Crippen LogP contribution in [0.25, 0.3) is 11.1 Å². The maximum Gasteiger partial charge on any atom is 0.339 e. The molecule has 0 saturated carbocycles. The summed E-state index contributed by atoms with van der Waals surface area (Å²) >= 11 is 0. The summed E-state index contributed by atoms with van der Waals surface area (Å²) in [6, 6.07) is 6.02. The second kappa shape index (κ2) is 4.83. The Labute approximate surface area is 103 Å². The summed E-state index contributed by atoms with van der Waals surface area (Å²) in [5, 5.41) is 0. The summed E-state index contributed by atoms with van der Waals surface area (Å²) in [5.74, 6) is -0.990. The van der Waals surface area contributed by atoms with Gasteiger partial charge in [-0.3, -0.25) is 4.98 Å². The van der Waals surface area contributed by atoms with Crippen molar-refractivity contribution in [2.24, 2.45) is 0 Å². The lowest BCUT2D eigenvalue weighted by atomic mass is 10.1. The van der Waals surface area contributed by atoms with Crippen LogP contribution in [-0.4, -0.2) is 18.1 Å². The first-order valence-corrected chi connectivity index (χ1v) is 5.20. The fourth-order valence-electron chi connectivity index (χ4n) is 1.53. The van der Waals surface area contributed by atoms with E-state index in [0.717, 1.165) is 0 Å². The zero-order valence-electron chi connectivity index (χ0n) is 9.68. The first-order chi connectivity index (χ1) is 8.61. The van der Waals surface area contributed by atoms with Crippen LogP contribution in [0.15, 0.2) is 36.7 Å². The van der Waals surface area contributed by atoms with E-state index in [2.05, 4.69) is 9.72 Å². The third-order valence-corrected chi connectivity index (χ3v) is 2.49. The average molecular weight is 246 g/mol. The van der Waals surface area contributed by atoms with E-state index in [1.807, 2.05) is 0 Å². The number of methoxy groups -OCH3 is 1. The minimum absolute atomic E-state index is 0.0795. The van der Waals surface area contributed by atoms with Gasteiger partial charge in [-0.15, -0.1) is 0 Å². The second-order valence-corrected chi connectivity index (χ2v) is 3.69. The number of aromatic nitrogens is 1. The molecule has 0 unspecified atom stereocenters. The molecule has 0 amide bonds. The van der Waals surface area contributed by atoms with Gasteiger partial charge in [-0.25, -0.2) is 9.18 Å². The lowest BCUT2D eigenvalue weighted by Gasteiger charge is -2.05. The Balaban J connectivity index is 2.44. The van der Waals surface area contributed by atoms with Gasteiger partial charge in [-0.05, 0) is 23.8 Å². The lowest BCUT2D eigenvalue weighted by molar-refractivity contribution is 0.0600. The molecule has 2 N–H and O–H groups in total. The normalized spacial score (nSPS) is 10.1. The molecule has 92 valence electrons. The molecule has 0 radical (unpaired) electrons. The minimum Gasteiger partial charge on any atom is -0.465 e. The Bertz CT molecular complexity index is 599. The maximum atomic E-state index is 13.4. The van der Waals surface area contributed by atoms with Gasteiger partial charge in [-0.2, -0.15) is 0 Å². The number of pyridine rings is 1. The van der Waals surface area contributed by atoms with Gasteiger partial charge in [0.25, 0.3) is 0 Å². The van der Waals surface area contributed by atoms with E-state index in [1.54, 1.807) is 12.1 Å². The second-order valence-electron chi connectivity index (χ2n) is 3.69. The lowest BCUT2D eigenvalue weighted by Crippen LogP contribution is -2.01. The number of nitrogen functional groups attached to an aromatic ring is 1. The molecule has 1 aromatic heterocycles. The van der Waals surface area contributed by atoms with E-state index < -0.39 is 11.8 Å².